The summed E-state index contributed by atoms with van der Waals surface area (Å²) in [5, 5.41) is 9.76. The van der Waals surface area contributed by atoms with E-state index in [0.717, 1.165) is 44.4 Å². The number of rotatable bonds is 3. The van der Waals surface area contributed by atoms with Gasteiger partial charge in [-0.1, -0.05) is 97.1 Å². The topological polar surface area (TPSA) is 23.0 Å². The molecule has 3 nitrogen and oxygen atoms in total. The summed E-state index contributed by atoms with van der Waals surface area (Å²) < 4.78 is 14.3. The lowest BCUT2D eigenvalue weighted by Crippen LogP contribution is -1.95. The van der Waals surface area contributed by atoms with Crippen LogP contribution in [0.3, 0.4) is 0 Å². The van der Waals surface area contributed by atoms with Gasteiger partial charge < -0.3 is 13.6 Å². The number of thiophene rings is 1. The maximum Gasteiger partial charge on any atom is 0.143 e. The molecule has 52 heavy (non-hydrogen) atoms. The first-order chi connectivity index (χ1) is 25.8. The van der Waals surface area contributed by atoms with Gasteiger partial charge in [0.25, 0.3) is 0 Å². The Kier molecular flexibility index (Phi) is 5.65. The zero-order valence-electron chi connectivity index (χ0n) is 27.9. The summed E-state index contributed by atoms with van der Waals surface area (Å²) in [6.45, 7) is 0. The number of nitrogens with zero attached hydrogens (tertiary/aromatic N) is 2. The van der Waals surface area contributed by atoms with Crippen molar-refractivity contribution < 1.29 is 4.42 Å². The van der Waals surface area contributed by atoms with Gasteiger partial charge in [-0.05, 0) is 78.4 Å². The Morgan fingerprint density at radius 1 is 0.365 bits per heavy atom. The molecule has 0 aliphatic heterocycles. The van der Waals surface area contributed by atoms with Gasteiger partial charge in [-0.2, -0.15) is 0 Å². The Morgan fingerprint density at radius 2 is 0.885 bits per heavy atom. The average Bonchev–Trinajstić information content (AvgIpc) is 3.95. The first-order valence-electron chi connectivity index (χ1n) is 17.7. The Bertz CT molecular complexity index is 3320. The molecule has 0 saturated heterocycles. The fourth-order valence-electron chi connectivity index (χ4n) is 8.63. The van der Waals surface area contributed by atoms with Gasteiger partial charge in [0.05, 0.1) is 22.1 Å². The summed E-state index contributed by atoms with van der Waals surface area (Å²) >= 11 is 1.85. The van der Waals surface area contributed by atoms with Crippen molar-refractivity contribution >= 4 is 97.1 Å². The number of para-hydroxylation sites is 4. The minimum Gasteiger partial charge on any atom is -0.455 e. The highest BCUT2D eigenvalue weighted by atomic mass is 32.1. The average molecular weight is 681 g/mol. The van der Waals surface area contributed by atoms with E-state index < -0.39 is 0 Å². The number of benzene rings is 8. The molecule has 0 radical (unpaired) electrons. The summed E-state index contributed by atoms with van der Waals surface area (Å²) in [7, 11) is 0. The number of fused-ring (bicyclic) bond motifs is 12. The first-order valence-corrected chi connectivity index (χ1v) is 18.5. The van der Waals surface area contributed by atoms with Crippen molar-refractivity contribution in [2.45, 2.75) is 0 Å². The minimum absolute atomic E-state index is 0.877. The van der Waals surface area contributed by atoms with E-state index in [1.807, 2.05) is 11.3 Å². The van der Waals surface area contributed by atoms with Crippen molar-refractivity contribution in [1.29, 1.82) is 0 Å². The van der Waals surface area contributed by atoms with Crippen molar-refractivity contribution in [3.05, 3.63) is 170 Å². The van der Waals surface area contributed by atoms with Crippen molar-refractivity contribution in [2.24, 2.45) is 0 Å². The van der Waals surface area contributed by atoms with Gasteiger partial charge >= 0.3 is 0 Å². The molecule has 0 amide bonds. The van der Waals surface area contributed by atoms with Crippen molar-refractivity contribution in [1.82, 2.24) is 9.13 Å². The minimum atomic E-state index is 0.877. The predicted molar refractivity (Wildman–Crippen MR) is 221 cm³/mol. The summed E-state index contributed by atoms with van der Waals surface area (Å²) in [5.41, 5.74) is 11.0. The van der Waals surface area contributed by atoms with Crippen LogP contribution in [0.2, 0.25) is 0 Å². The molecule has 0 spiro atoms. The van der Waals surface area contributed by atoms with Crippen LogP contribution >= 0.6 is 11.3 Å². The molecule has 0 bridgehead atoms. The van der Waals surface area contributed by atoms with E-state index in [4.69, 9.17) is 4.42 Å². The molecule has 4 heteroatoms. The van der Waals surface area contributed by atoms with Gasteiger partial charge in [0.1, 0.15) is 11.2 Å². The molecule has 4 aromatic heterocycles. The highest BCUT2D eigenvalue weighted by molar-refractivity contribution is 7.25. The molecule has 0 N–H and O–H groups in total. The van der Waals surface area contributed by atoms with Crippen molar-refractivity contribution in [2.75, 3.05) is 0 Å². The lowest BCUT2D eigenvalue weighted by molar-refractivity contribution is 0.670. The lowest BCUT2D eigenvalue weighted by atomic mass is 9.99. The van der Waals surface area contributed by atoms with E-state index in [2.05, 4.69) is 179 Å². The number of aromatic nitrogens is 2. The Balaban J connectivity index is 1.19. The maximum absolute atomic E-state index is 6.90. The summed E-state index contributed by atoms with van der Waals surface area (Å²) in [6, 6.07) is 61.8. The second kappa shape index (κ2) is 10.5. The van der Waals surface area contributed by atoms with Crippen LogP contribution in [0.4, 0.5) is 0 Å². The van der Waals surface area contributed by atoms with Crippen molar-refractivity contribution in [3.63, 3.8) is 0 Å². The smallest absolute Gasteiger partial charge is 0.143 e. The second-order valence-electron chi connectivity index (χ2n) is 13.7. The molecule has 242 valence electrons. The third kappa shape index (κ3) is 3.84. The standard InChI is InChI=1S/C48H28N2OS/c1-6-16-41-32(11-1)33-12-2-7-17-42(33)49(41)30-22-23-45-38(26-30)40-28-31(50-43-18-8-3-13-34(43)35-14-4-9-19-44(35)50)27-37(48(40)51-45)29-21-24-47-39(25-29)36-15-5-10-20-46(36)52-47/h1-28H. The zero-order valence-corrected chi connectivity index (χ0v) is 28.7. The van der Waals surface area contributed by atoms with E-state index in [1.54, 1.807) is 0 Å². The fourth-order valence-corrected chi connectivity index (χ4v) is 9.72. The Morgan fingerprint density at radius 3 is 1.52 bits per heavy atom. The predicted octanol–water partition coefficient (Wildman–Crippen LogP) is 13.8. The lowest BCUT2D eigenvalue weighted by Gasteiger charge is -2.12. The quantitative estimate of drug-likeness (QED) is 0.182. The van der Waals surface area contributed by atoms with E-state index >= 15 is 0 Å². The fraction of sp³-hybridized carbons (Fsp3) is 0. The zero-order chi connectivity index (χ0) is 33.9. The summed E-state index contributed by atoms with van der Waals surface area (Å²) in [6.07, 6.45) is 0. The van der Waals surface area contributed by atoms with Gasteiger partial charge in [0.2, 0.25) is 0 Å². The van der Waals surface area contributed by atoms with Crippen LogP contribution in [-0.2, 0) is 0 Å². The highest BCUT2D eigenvalue weighted by Crippen LogP contribution is 2.44. The van der Waals surface area contributed by atoms with Crippen LogP contribution in [-0.4, -0.2) is 9.13 Å². The van der Waals surface area contributed by atoms with Crippen LogP contribution in [0.1, 0.15) is 0 Å². The van der Waals surface area contributed by atoms with Crippen LogP contribution in [0.5, 0.6) is 0 Å². The summed E-state index contributed by atoms with van der Waals surface area (Å²) in [4.78, 5) is 0. The third-order valence-electron chi connectivity index (χ3n) is 10.9. The summed E-state index contributed by atoms with van der Waals surface area (Å²) in [5.74, 6) is 0. The van der Waals surface area contributed by atoms with Crippen LogP contribution < -0.4 is 0 Å². The third-order valence-corrected chi connectivity index (χ3v) is 12.1. The SMILES string of the molecule is c1ccc2c(c1)sc1ccc(-c3cc(-n4c5ccccc5c5ccccc54)cc4c3oc3ccc(-n5c6ccccc6c6ccccc65)cc34)cc12. The first kappa shape index (κ1) is 28.1. The van der Waals surface area contributed by atoms with Crippen LogP contribution in [0.25, 0.3) is 108 Å². The molecule has 8 aromatic carbocycles. The molecular formula is C48H28N2OS. The second-order valence-corrected chi connectivity index (χ2v) is 14.8. The highest BCUT2D eigenvalue weighted by Gasteiger charge is 2.20. The van der Waals surface area contributed by atoms with Gasteiger partial charge in [-0.15, -0.1) is 11.3 Å². The largest absolute Gasteiger partial charge is 0.455 e. The number of furan rings is 1. The normalized spacial score (nSPS) is 12.2. The van der Waals surface area contributed by atoms with Crippen LogP contribution in [0, 0.1) is 0 Å². The molecule has 0 aliphatic rings. The molecule has 12 aromatic rings. The number of hydrogen-bond acceptors (Lipinski definition) is 2. The van der Waals surface area contributed by atoms with Gasteiger partial charge in [-0.3, -0.25) is 0 Å². The molecule has 0 aliphatic carbocycles. The molecular weight excluding hydrogens is 653 g/mol. The van der Waals surface area contributed by atoms with Gasteiger partial charge in [-0.25, -0.2) is 0 Å². The van der Waals surface area contributed by atoms with E-state index in [1.165, 1.54) is 63.8 Å². The van der Waals surface area contributed by atoms with E-state index in [9.17, 15) is 0 Å². The monoisotopic (exact) mass is 680 g/mol. The molecule has 0 saturated carbocycles. The van der Waals surface area contributed by atoms with Crippen molar-refractivity contribution in [3.8, 4) is 22.5 Å². The molecule has 0 atom stereocenters. The Labute approximate surface area is 301 Å². The van der Waals surface area contributed by atoms with E-state index in [-0.39, 0.29) is 0 Å². The van der Waals surface area contributed by atoms with E-state index in [0.29, 0.717) is 0 Å². The molecule has 4 heterocycles. The number of hydrogen-bond donors (Lipinski definition) is 0. The van der Waals surface area contributed by atoms with Crippen LogP contribution in [0.15, 0.2) is 174 Å². The Hall–Kier alpha value is -6.62. The van der Waals surface area contributed by atoms with Gasteiger partial charge in [0, 0.05) is 69.4 Å². The molecule has 12 rings (SSSR count). The maximum atomic E-state index is 6.90. The molecule has 0 fully saturated rings. The molecule has 0 unspecified atom stereocenters. The van der Waals surface area contributed by atoms with Gasteiger partial charge in [0.15, 0.2) is 0 Å².